The molecule has 1 fully saturated rings. The summed E-state index contributed by atoms with van der Waals surface area (Å²) in [6, 6.07) is 8.18. The average molecular weight is 448 g/mol. The smallest absolute Gasteiger partial charge is 0.408 e. The van der Waals surface area contributed by atoms with Gasteiger partial charge < -0.3 is 25.4 Å². The van der Waals surface area contributed by atoms with E-state index in [1.54, 1.807) is 13.8 Å². The Morgan fingerprint density at radius 3 is 2.50 bits per heavy atom. The van der Waals surface area contributed by atoms with Crippen molar-refractivity contribution < 1.29 is 28.7 Å². The van der Waals surface area contributed by atoms with Gasteiger partial charge in [-0.15, -0.1) is 0 Å². The topological polar surface area (TPSA) is 123 Å². The largest absolute Gasteiger partial charge is 0.445 e. The third-order valence-corrected chi connectivity index (χ3v) is 5.06. The number of benzene rings is 1. The number of hydrogen-bond donors (Lipinski definition) is 3. The maximum absolute atomic E-state index is 12.8. The quantitative estimate of drug-likeness (QED) is 0.574. The Bertz CT molecular complexity index is 768. The number of nitrogens with one attached hydrogen (secondary N) is 3. The van der Waals surface area contributed by atoms with Crippen LogP contribution < -0.4 is 16.0 Å². The number of amides is 3. The van der Waals surface area contributed by atoms with Crippen molar-refractivity contribution in [3.05, 3.63) is 35.9 Å². The lowest BCUT2D eigenvalue weighted by molar-refractivity contribution is -0.149. The highest BCUT2D eigenvalue weighted by Gasteiger charge is 2.32. The number of alkyl carbamates (subject to hydrolysis) is 1. The highest BCUT2D eigenvalue weighted by atomic mass is 16.5. The molecule has 1 saturated heterocycles. The van der Waals surface area contributed by atoms with Crippen LogP contribution in [0.1, 0.15) is 51.5 Å². The molecular weight excluding hydrogens is 414 g/mol. The number of ether oxygens (including phenoxy) is 2. The first-order valence-electron chi connectivity index (χ1n) is 11.1. The summed E-state index contributed by atoms with van der Waals surface area (Å²) in [4.78, 5) is 49.7. The Labute approximate surface area is 188 Å². The molecule has 2 rings (SSSR count). The molecule has 1 aromatic rings. The maximum Gasteiger partial charge on any atom is 0.408 e. The van der Waals surface area contributed by atoms with Crippen LogP contribution in [0.2, 0.25) is 0 Å². The van der Waals surface area contributed by atoms with Gasteiger partial charge in [-0.2, -0.15) is 0 Å². The minimum Gasteiger partial charge on any atom is -0.445 e. The number of rotatable bonds is 6. The molecule has 0 aliphatic carbocycles. The number of ketones is 1. The molecule has 3 amide bonds. The van der Waals surface area contributed by atoms with E-state index in [4.69, 9.17) is 9.47 Å². The van der Waals surface area contributed by atoms with E-state index in [9.17, 15) is 19.2 Å². The van der Waals surface area contributed by atoms with Gasteiger partial charge in [0, 0.05) is 13.2 Å². The predicted molar refractivity (Wildman–Crippen MR) is 117 cm³/mol. The molecular formula is C23H33N3O6. The van der Waals surface area contributed by atoms with E-state index < -0.39 is 36.0 Å². The predicted octanol–water partition coefficient (Wildman–Crippen LogP) is 2.05. The van der Waals surface area contributed by atoms with E-state index in [0.717, 1.165) is 37.7 Å². The Kier molecular flexibility index (Phi) is 10.7. The van der Waals surface area contributed by atoms with Gasteiger partial charge in [0.05, 0.1) is 0 Å². The molecule has 3 N–H and O–H groups in total. The zero-order valence-corrected chi connectivity index (χ0v) is 18.7. The van der Waals surface area contributed by atoms with Crippen LogP contribution in [0.3, 0.4) is 0 Å². The standard InChI is InChI=1S/C23H33N3O6/c1-16(2)18(25-23(30)32-15-17-11-7-6-8-12-17)20(28)26-22-19(27)21(29)24-13-9-4-3-5-10-14-31-22/h6-8,11-12,16,18,22H,3-5,9-10,13-15H2,1-2H3,(H,24,29)(H,25,30)(H,26,28). The van der Waals surface area contributed by atoms with Crippen LogP contribution in [0, 0.1) is 5.92 Å². The lowest BCUT2D eigenvalue weighted by Crippen LogP contribution is -2.56. The summed E-state index contributed by atoms with van der Waals surface area (Å²) in [5, 5.41) is 7.56. The summed E-state index contributed by atoms with van der Waals surface area (Å²) < 4.78 is 10.7. The molecule has 0 radical (unpaired) electrons. The molecule has 1 aromatic carbocycles. The van der Waals surface area contributed by atoms with Crippen LogP contribution in [0.4, 0.5) is 4.79 Å². The highest BCUT2D eigenvalue weighted by Crippen LogP contribution is 2.08. The average Bonchev–Trinajstić information content (AvgIpc) is 2.78. The number of Topliss-reactive ketones (excluding diaryl/α,β-unsaturated/α-hetero) is 1. The third kappa shape index (κ3) is 8.66. The van der Waals surface area contributed by atoms with E-state index in [0.29, 0.717) is 6.54 Å². The van der Waals surface area contributed by atoms with Gasteiger partial charge in [0.1, 0.15) is 12.6 Å². The zero-order chi connectivity index (χ0) is 23.3. The first-order valence-corrected chi connectivity index (χ1v) is 11.1. The molecule has 0 saturated carbocycles. The van der Waals surface area contributed by atoms with Crippen molar-refractivity contribution in [1.82, 2.24) is 16.0 Å². The summed E-state index contributed by atoms with van der Waals surface area (Å²) in [5.41, 5.74) is 0.812. The van der Waals surface area contributed by atoms with E-state index >= 15 is 0 Å². The van der Waals surface area contributed by atoms with Crippen molar-refractivity contribution in [2.45, 2.75) is 64.8 Å². The van der Waals surface area contributed by atoms with Crippen LogP contribution in [-0.2, 0) is 30.5 Å². The molecule has 32 heavy (non-hydrogen) atoms. The van der Waals surface area contributed by atoms with Gasteiger partial charge in [-0.3, -0.25) is 14.4 Å². The van der Waals surface area contributed by atoms with E-state index in [2.05, 4.69) is 16.0 Å². The molecule has 1 heterocycles. The maximum atomic E-state index is 12.8. The summed E-state index contributed by atoms with van der Waals surface area (Å²) >= 11 is 0. The van der Waals surface area contributed by atoms with Crippen molar-refractivity contribution in [2.24, 2.45) is 5.92 Å². The molecule has 2 atom stereocenters. The third-order valence-electron chi connectivity index (χ3n) is 5.06. The van der Waals surface area contributed by atoms with Crippen LogP contribution >= 0.6 is 0 Å². The fraction of sp³-hybridized carbons (Fsp3) is 0.565. The van der Waals surface area contributed by atoms with Gasteiger partial charge in [0.2, 0.25) is 5.91 Å². The van der Waals surface area contributed by atoms with Gasteiger partial charge in [-0.05, 0) is 24.3 Å². The molecule has 9 nitrogen and oxygen atoms in total. The monoisotopic (exact) mass is 447 g/mol. The van der Waals surface area contributed by atoms with Gasteiger partial charge in [0.25, 0.3) is 11.7 Å². The Hall–Kier alpha value is -2.94. The second kappa shape index (κ2) is 13.5. The second-order valence-corrected chi connectivity index (χ2v) is 8.08. The first kappa shape index (κ1) is 25.3. The Morgan fingerprint density at radius 1 is 1.09 bits per heavy atom. The lowest BCUT2D eigenvalue weighted by Gasteiger charge is -2.25. The fourth-order valence-electron chi connectivity index (χ4n) is 3.20. The zero-order valence-electron chi connectivity index (χ0n) is 18.7. The van der Waals surface area contributed by atoms with E-state index in [1.165, 1.54) is 0 Å². The second-order valence-electron chi connectivity index (χ2n) is 8.08. The van der Waals surface area contributed by atoms with Crippen LogP contribution in [0.25, 0.3) is 0 Å². The normalized spacial score (nSPS) is 19.2. The Morgan fingerprint density at radius 2 is 1.78 bits per heavy atom. The van der Waals surface area contributed by atoms with Gasteiger partial charge in [-0.1, -0.05) is 63.4 Å². The summed E-state index contributed by atoms with van der Waals surface area (Å²) in [6.07, 6.45) is 2.26. The van der Waals surface area contributed by atoms with Crippen molar-refractivity contribution in [3.8, 4) is 0 Å². The number of hydrogen-bond acceptors (Lipinski definition) is 6. The minimum absolute atomic E-state index is 0.0590. The molecule has 1 aliphatic heterocycles. The Balaban J connectivity index is 1.97. The van der Waals surface area contributed by atoms with Gasteiger partial charge in [0.15, 0.2) is 6.23 Å². The summed E-state index contributed by atoms with van der Waals surface area (Å²) in [6.45, 7) is 4.19. The van der Waals surface area contributed by atoms with Crippen LogP contribution in [-0.4, -0.2) is 49.1 Å². The van der Waals surface area contributed by atoms with E-state index in [-0.39, 0.29) is 19.1 Å². The van der Waals surface area contributed by atoms with Crippen LogP contribution in [0.5, 0.6) is 0 Å². The first-order chi connectivity index (χ1) is 15.4. The molecule has 9 heteroatoms. The van der Waals surface area contributed by atoms with Crippen molar-refractivity contribution in [2.75, 3.05) is 13.2 Å². The molecule has 1 aliphatic rings. The van der Waals surface area contributed by atoms with Crippen molar-refractivity contribution >= 4 is 23.7 Å². The molecule has 2 unspecified atom stereocenters. The van der Waals surface area contributed by atoms with Gasteiger partial charge in [-0.25, -0.2) is 4.79 Å². The molecule has 0 bridgehead atoms. The number of carbonyl (C=O) groups is 4. The lowest BCUT2D eigenvalue weighted by atomic mass is 10.0. The van der Waals surface area contributed by atoms with Crippen LogP contribution in [0.15, 0.2) is 30.3 Å². The SMILES string of the molecule is CC(C)C(NC(=O)OCc1ccccc1)C(=O)NC1OCCCCCCCNC(=O)C1=O. The summed E-state index contributed by atoms with van der Waals surface area (Å²) in [5.74, 6) is -2.59. The van der Waals surface area contributed by atoms with Crippen molar-refractivity contribution in [3.63, 3.8) is 0 Å². The fourth-order valence-corrected chi connectivity index (χ4v) is 3.20. The minimum atomic E-state index is -1.41. The molecule has 0 aromatic heterocycles. The van der Waals surface area contributed by atoms with Crippen molar-refractivity contribution in [1.29, 1.82) is 0 Å². The number of carbonyl (C=O) groups excluding carboxylic acids is 4. The summed E-state index contributed by atoms with van der Waals surface area (Å²) in [7, 11) is 0. The van der Waals surface area contributed by atoms with Gasteiger partial charge >= 0.3 is 6.09 Å². The van der Waals surface area contributed by atoms with E-state index in [1.807, 2.05) is 30.3 Å². The highest BCUT2D eigenvalue weighted by molar-refractivity contribution is 6.38. The molecule has 0 spiro atoms. The molecule has 176 valence electrons.